The standard InChI is InChI=1S/C21H14N2OS/c22-13-15-9-11-16(12-10-15)14-24-19-7-3-1-5-17(19)21-23-18-6-2-4-8-20(18)25-21/h1-12H,14H2. The fraction of sp³-hybridized carbons (Fsp3) is 0.0476. The van der Waals surface area contributed by atoms with Crippen molar-refractivity contribution in [3.63, 3.8) is 0 Å². The predicted molar refractivity (Wildman–Crippen MR) is 101 cm³/mol. The number of nitriles is 1. The van der Waals surface area contributed by atoms with Gasteiger partial charge in [-0.2, -0.15) is 5.26 Å². The summed E-state index contributed by atoms with van der Waals surface area (Å²) in [5.41, 5.74) is 3.68. The number of aromatic nitrogens is 1. The van der Waals surface area contributed by atoms with E-state index in [1.165, 1.54) is 4.70 Å². The molecule has 0 radical (unpaired) electrons. The van der Waals surface area contributed by atoms with E-state index in [0.29, 0.717) is 12.2 Å². The summed E-state index contributed by atoms with van der Waals surface area (Å²) in [6, 6.07) is 25.6. The number of hydrogen-bond donors (Lipinski definition) is 0. The summed E-state index contributed by atoms with van der Waals surface area (Å²) in [6.07, 6.45) is 0. The molecule has 4 rings (SSSR count). The lowest BCUT2D eigenvalue weighted by Crippen LogP contribution is -1.97. The third-order valence-corrected chi connectivity index (χ3v) is 4.96. The van der Waals surface area contributed by atoms with E-state index in [1.54, 1.807) is 23.5 Å². The van der Waals surface area contributed by atoms with Gasteiger partial charge in [0.1, 0.15) is 17.4 Å². The van der Waals surface area contributed by atoms with E-state index in [4.69, 9.17) is 15.0 Å². The summed E-state index contributed by atoms with van der Waals surface area (Å²) in [7, 11) is 0. The van der Waals surface area contributed by atoms with E-state index in [-0.39, 0.29) is 0 Å². The number of ether oxygens (including phenoxy) is 1. The van der Waals surface area contributed by atoms with Gasteiger partial charge < -0.3 is 4.74 Å². The van der Waals surface area contributed by atoms with Gasteiger partial charge >= 0.3 is 0 Å². The second-order valence-electron chi connectivity index (χ2n) is 5.58. The highest BCUT2D eigenvalue weighted by molar-refractivity contribution is 7.21. The molecule has 4 heteroatoms. The molecule has 0 aliphatic heterocycles. The smallest absolute Gasteiger partial charge is 0.130 e. The van der Waals surface area contributed by atoms with Gasteiger partial charge in [0, 0.05) is 0 Å². The van der Waals surface area contributed by atoms with Crippen molar-refractivity contribution in [2.45, 2.75) is 6.61 Å². The molecule has 0 spiro atoms. The molecule has 3 nitrogen and oxygen atoms in total. The van der Waals surface area contributed by atoms with Crippen LogP contribution in [0.2, 0.25) is 0 Å². The lowest BCUT2D eigenvalue weighted by atomic mass is 10.1. The average molecular weight is 342 g/mol. The summed E-state index contributed by atoms with van der Waals surface area (Å²) in [6.45, 7) is 0.452. The number of rotatable bonds is 4. The summed E-state index contributed by atoms with van der Waals surface area (Å²) < 4.78 is 7.20. The molecule has 0 aliphatic carbocycles. The van der Waals surface area contributed by atoms with Crippen LogP contribution in [0.4, 0.5) is 0 Å². The summed E-state index contributed by atoms with van der Waals surface area (Å²) in [5, 5.41) is 9.83. The van der Waals surface area contributed by atoms with Crippen LogP contribution < -0.4 is 4.74 Å². The van der Waals surface area contributed by atoms with E-state index >= 15 is 0 Å². The minimum Gasteiger partial charge on any atom is -0.488 e. The van der Waals surface area contributed by atoms with Gasteiger partial charge in [-0.15, -0.1) is 11.3 Å². The van der Waals surface area contributed by atoms with Gasteiger partial charge in [0.25, 0.3) is 0 Å². The molecular weight excluding hydrogens is 328 g/mol. The van der Waals surface area contributed by atoms with Gasteiger partial charge in [0.05, 0.1) is 27.4 Å². The maximum absolute atomic E-state index is 8.87. The van der Waals surface area contributed by atoms with E-state index in [2.05, 4.69) is 12.1 Å². The Bertz CT molecular complexity index is 1030. The van der Waals surface area contributed by atoms with Crippen molar-refractivity contribution in [2.75, 3.05) is 0 Å². The zero-order valence-electron chi connectivity index (χ0n) is 13.3. The first-order chi connectivity index (χ1) is 12.3. The van der Waals surface area contributed by atoms with Gasteiger partial charge in [0.15, 0.2) is 0 Å². The van der Waals surface area contributed by atoms with Crippen LogP contribution >= 0.6 is 11.3 Å². The van der Waals surface area contributed by atoms with Crippen molar-refractivity contribution in [2.24, 2.45) is 0 Å². The Kier molecular flexibility index (Phi) is 4.16. The highest BCUT2D eigenvalue weighted by Crippen LogP contribution is 2.35. The van der Waals surface area contributed by atoms with Crippen LogP contribution in [0.3, 0.4) is 0 Å². The van der Waals surface area contributed by atoms with Crippen LogP contribution in [0.1, 0.15) is 11.1 Å². The quantitative estimate of drug-likeness (QED) is 0.498. The molecule has 0 saturated carbocycles. The number of nitrogens with zero attached hydrogens (tertiary/aromatic N) is 2. The number of benzene rings is 3. The molecule has 0 aliphatic rings. The zero-order chi connectivity index (χ0) is 17.1. The van der Waals surface area contributed by atoms with Gasteiger partial charge in [-0.1, -0.05) is 36.4 Å². The Hall–Kier alpha value is -3.16. The third kappa shape index (κ3) is 3.23. The maximum atomic E-state index is 8.87. The van der Waals surface area contributed by atoms with Crippen LogP contribution in [0.5, 0.6) is 5.75 Å². The summed E-state index contributed by atoms with van der Waals surface area (Å²) >= 11 is 1.66. The molecule has 1 heterocycles. The normalized spacial score (nSPS) is 10.5. The van der Waals surface area contributed by atoms with Crippen molar-refractivity contribution in [1.29, 1.82) is 5.26 Å². The Morgan fingerprint density at radius 2 is 1.68 bits per heavy atom. The number of hydrogen-bond acceptors (Lipinski definition) is 4. The Labute approximate surface area is 149 Å². The molecular formula is C21H14N2OS. The van der Waals surface area contributed by atoms with Crippen LogP contribution in [0.25, 0.3) is 20.8 Å². The minimum absolute atomic E-state index is 0.452. The van der Waals surface area contributed by atoms with Gasteiger partial charge in [-0.05, 0) is 42.0 Å². The highest BCUT2D eigenvalue weighted by atomic mass is 32.1. The molecule has 0 amide bonds. The van der Waals surface area contributed by atoms with E-state index in [0.717, 1.165) is 27.4 Å². The third-order valence-electron chi connectivity index (χ3n) is 3.89. The maximum Gasteiger partial charge on any atom is 0.130 e. The van der Waals surface area contributed by atoms with Crippen molar-refractivity contribution in [3.05, 3.63) is 83.9 Å². The van der Waals surface area contributed by atoms with Crippen LogP contribution in [0, 0.1) is 11.3 Å². The van der Waals surface area contributed by atoms with Gasteiger partial charge in [0.2, 0.25) is 0 Å². The van der Waals surface area contributed by atoms with Crippen molar-refractivity contribution < 1.29 is 4.74 Å². The van der Waals surface area contributed by atoms with Crippen molar-refractivity contribution >= 4 is 21.6 Å². The molecule has 0 atom stereocenters. The molecule has 0 saturated heterocycles. The minimum atomic E-state index is 0.452. The second kappa shape index (κ2) is 6.76. The molecule has 0 N–H and O–H groups in total. The topological polar surface area (TPSA) is 45.9 Å². The zero-order valence-corrected chi connectivity index (χ0v) is 14.2. The lowest BCUT2D eigenvalue weighted by molar-refractivity contribution is 0.307. The summed E-state index contributed by atoms with van der Waals surface area (Å²) in [4.78, 5) is 4.72. The van der Waals surface area contributed by atoms with E-state index in [9.17, 15) is 0 Å². The van der Waals surface area contributed by atoms with Crippen LogP contribution in [-0.2, 0) is 6.61 Å². The van der Waals surface area contributed by atoms with Crippen LogP contribution in [0.15, 0.2) is 72.8 Å². The number of para-hydroxylation sites is 2. The first-order valence-corrected chi connectivity index (χ1v) is 8.72. The van der Waals surface area contributed by atoms with E-state index < -0.39 is 0 Å². The molecule has 0 fully saturated rings. The van der Waals surface area contributed by atoms with Crippen molar-refractivity contribution in [3.8, 4) is 22.4 Å². The molecule has 4 aromatic rings. The largest absolute Gasteiger partial charge is 0.488 e. The van der Waals surface area contributed by atoms with Gasteiger partial charge in [-0.3, -0.25) is 0 Å². The molecule has 0 bridgehead atoms. The lowest BCUT2D eigenvalue weighted by Gasteiger charge is -2.10. The molecule has 120 valence electrons. The molecule has 25 heavy (non-hydrogen) atoms. The Balaban J connectivity index is 1.61. The van der Waals surface area contributed by atoms with E-state index in [1.807, 2.05) is 54.6 Å². The predicted octanol–water partition coefficient (Wildman–Crippen LogP) is 5.41. The first-order valence-electron chi connectivity index (χ1n) is 7.90. The average Bonchev–Trinajstić information content (AvgIpc) is 3.11. The monoisotopic (exact) mass is 342 g/mol. The van der Waals surface area contributed by atoms with Gasteiger partial charge in [-0.25, -0.2) is 4.98 Å². The number of fused-ring (bicyclic) bond motifs is 1. The fourth-order valence-electron chi connectivity index (χ4n) is 2.59. The van der Waals surface area contributed by atoms with Crippen LogP contribution in [-0.4, -0.2) is 4.98 Å². The first kappa shape index (κ1) is 15.4. The fourth-order valence-corrected chi connectivity index (χ4v) is 3.59. The molecule has 1 aromatic heterocycles. The Morgan fingerprint density at radius 3 is 2.48 bits per heavy atom. The Morgan fingerprint density at radius 1 is 0.920 bits per heavy atom. The second-order valence-corrected chi connectivity index (χ2v) is 6.61. The molecule has 3 aromatic carbocycles. The molecule has 0 unspecified atom stereocenters. The number of thiazole rings is 1. The summed E-state index contributed by atoms with van der Waals surface area (Å²) in [5.74, 6) is 0.811. The highest BCUT2D eigenvalue weighted by Gasteiger charge is 2.11. The van der Waals surface area contributed by atoms with Crippen molar-refractivity contribution in [1.82, 2.24) is 4.98 Å². The SMILES string of the molecule is N#Cc1ccc(COc2ccccc2-c2nc3ccccc3s2)cc1.